The standard InChI is InChI=1S/C17H20N6O4/c1-23(11-15-19-13(21-27-15)8-9-25-2)17(24)18-10-14-20-16(22-26-14)12-6-4-3-5-7-12/h3-7H,8-11H2,1-2H3,(H,18,24). The average Bonchev–Trinajstić information content (AvgIpc) is 3.34. The first kappa shape index (κ1) is 18.5. The molecule has 1 N–H and O–H groups in total. The molecule has 10 heteroatoms. The number of hydrogen-bond donors (Lipinski definition) is 1. The van der Waals surface area contributed by atoms with Gasteiger partial charge in [0.15, 0.2) is 5.82 Å². The maximum absolute atomic E-state index is 12.2. The van der Waals surface area contributed by atoms with Crippen molar-refractivity contribution in [3.05, 3.63) is 47.9 Å². The van der Waals surface area contributed by atoms with Crippen LogP contribution in [-0.4, -0.2) is 52.0 Å². The Morgan fingerprint density at radius 3 is 2.70 bits per heavy atom. The fraction of sp³-hybridized carbons (Fsp3) is 0.353. The van der Waals surface area contributed by atoms with Crippen molar-refractivity contribution in [2.45, 2.75) is 19.5 Å². The minimum Gasteiger partial charge on any atom is -0.384 e. The monoisotopic (exact) mass is 372 g/mol. The van der Waals surface area contributed by atoms with Crippen molar-refractivity contribution in [1.29, 1.82) is 0 Å². The predicted molar refractivity (Wildman–Crippen MR) is 93.3 cm³/mol. The normalized spacial score (nSPS) is 10.7. The van der Waals surface area contributed by atoms with Crippen LogP contribution in [-0.2, 0) is 24.2 Å². The van der Waals surface area contributed by atoms with E-state index in [0.717, 1.165) is 5.56 Å². The van der Waals surface area contributed by atoms with Gasteiger partial charge >= 0.3 is 6.03 Å². The molecule has 0 aliphatic rings. The van der Waals surface area contributed by atoms with E-state index < -0.39 is 0 Å². The molecule has 0 fully saturated rings. The van der Waals surface area contributed by atoms with E-state index in [1.54, 1.807) is 14.2 Å². The smallest absolute Gasteiger partial charge is 0.318 e. The Hall–Kier alpha value is -3.27. The topological polar surface area (TPSA) is 119 Å². The number of urea groups is 1. The van der Waals surface area contributed by atoms with Crippen molar-refractivity contribution in [3.8, 4) is 11.4 Å². The van der Waals surface area contributed by atoms with Gasteiger partial charge in [0, 0.05) is 26.1 Å². The summed E-state index contributed by atoms with van der Waals surface area (Å²) in [6.07, 6.45) is 0.552. The molecule has 0 aliphatic carbocycles. The maximum Gasteiger partial charge on any atom is 0.318 e. The largest absolute Gasteiger partial charge is 0.384 e. The summed E-state index contributed by atoms with van der Waals surface area (Å²) in [7, 11) is 3.23. The molecule has 0 saturated carbocycles. The highest BCUT2D eigenvalue weighted by molar-refractivity contribution is 5.73. The van der Waals surface area contributed by atoms with Crippen molar-refractivity contribution in [3.63, 3.8) is 0 Å². The molecule has 0 bridgehead atoms. The van der Waals surface area contributed by atoms with E-state index in [2.05, 4.69) is 25.6 Å². The number of aromatic nitrogens is 4. The van der Waals surface area contributed by atoms with Gasteiger partial charge in [-0.2, -0.15) is 9.97 Å². The van der Waals surface area contributed by atoms with Gasteiger partial charge < -0.3 is 24.0 Å². The number of ether oxygens (including phenoxy) is 1. The van der Waals surface area contributed by atoms with Crippen LogP contribution >= 0.6 is 0 Å². The lowest BCUT2D eigenvalue weighted by Gasteiger charge is -2.14. The van der Waals surface area contributed by atoms with Crippen molar-refractivity contribution in [1.82, 2.24) is 30.5 Å². The summed E-state index contributed by atoms with van der Waals surface area (Å²) in [4.78, 5) is 22.1. The molecule has 2 aromatic heterocycles. The third-order valence-electron chi connectivity index (χ3n) is 3.65. The average molecular weight is 372 g/mol. The fourth-order valence-corrected chi connectivity index (χ4v) is 2.24. The number of nitrogens with one attached hydrogen (secondary N) is 1. The Kier molecular flexibility index (Phi) is 6.10. The van der Waals surface area contributed by atoms with E-state index in [4.69, 9.17) is 13.8 Å². The Morgan fingerprint density at radius 2 is 1.93 bits per heavy atom. The van der Waals surface area contributed by atoms with Crippen LogP contribution in [0.1, 0.15) is 17.6 Å². The van der Waals surface area contributed by atoms with E-state index in [1.807, 2.05) is 30.3 Å². The van der Waals surface area contributed by atoms with Gasteiger partial charge in [0.25, 0.3) is 0 Å². The number of nitrogens with zero attached hydrogens (tertiary/aromatic N) is 5. The van der Waals surface area contributed by atoms with E-state index in [0.29, 0.717) is 36.5 Å². The third-order valence-corrected chi connectivity index (χ3v) is 3.65. The molecule has 142 valence electrons. The zero-order chi connectivity index (χ0) is 19.1. The third kappa shape index (κ3) is 5.11. The van der Waals surface area contributed by atoms with Crippen LogP contribution in [0.4, 0.5) is 4.79 Å². The lowest BCUT2D eigenvalue weighted by Crippen LogP contribution is -2.36. The molecule has 10 nitrogen and oxygen atoms in total. The molecular weight excluding hydrogens is 352 g/mol. The first-order chi connectivity index (χ1) is 13.2. The van der Waals surface area contributed by atoms with Crippen LogP contribution in [0.25, 0.3) is 11.4 Å². The van der Waals surface area contributed by atoms with Gasteiger partial charge in [-0.15, -0.1) is 0 Å². The molecule has 0 atom stereocenters. The number of carbonyl (C=O) groups is 1. The number of amides is 2. The van der Waals surface area contributed by atoms with Crippen LogP contribution in [0.5, 0.6) is 0 Å². The quantitative estimate of drug-likeness (QED) is 0.634. The second kappa shape index (κ2) is 8.90. The highest BCUT2D eigenvalue weighted by atomic mass is 16.5. The Balaban J connectivity index is 1.49. The van der Waals surface area contributed by atoms with Gasteiger partial charge in [0.05, 0.1) is 13.2 Å². The highest BCUT2D eigenvalue weighted by Crippen LogP contribution is 2.14. The number of hydrogen-bond acceptors (Lipinski definition) is 8. The summed E-state index contributed by atoms with van der Waals surface area (Å²) < 4.78 is 15.2. The lowest BCUT2D eigenvalue weighted by atomic mass is 10.2. The van der Waals surface area contributed by atoms with E-state index >= 15 is 0 Å². The summed E-state index contributed by atoms with van der Waals surface area (Å²) in [6.45, 7) is 0.807. The zero-order valence-electron chi connectivity index (χ0n) is 15.1. The lowest BCUT2D eigenvalue weighted by molar-refractivity contribution is 0.196. The summed E-state index contributed by atoms with van der Waals surface area (Å²) in [6, 6.07) is 9.12. The van der Waals surface area contributed by atoms with Crippen molar-refractivity contribution < 1.29 is 18.6 Å². The van der Waals surface area contributed by atoms with Gasteiger partial charge in [-0.1, -0.05) is 40.6 Å². The molecule has 1 aromatic carbocycles. The summed E-state index contributed by atoms with van der Waals surface area (Å²) >= 11 is 0. The zero-order valence-corrected chi connectivity index (χ0v) is 15.1. The van der Waals surface area contributed by atoms with Crippen molar-refractivity contribution in [2.75, 3.05) is 20.8 Å². The number of carbonyl (C=O) groups excluding carboxylic acids is 1. The summed E-state index contributed by atoms with van der Waals surface area (Å²) in [5, 5.41) is 10.4. The molecule has 0 spiro atoms. The molecule has 27 heavy (non-hydrogen) atoms. The number of methoxy groups -OCH3 is 1. The molecule has 3 aromatic rings. The predicted octanol–water partition coefficient (Wildman–Crippen LogP) is 1.65. The molecule has 0 radical (unpaired) electrons. The molecule has 2 heterocycles. The summed E-state index contributed by atoms with van der Waals surface area (Å²) in [5.41, 5.74) is 0.844. The SMILES string of the molecule is COCCc1noc(CN(C)C(=O)NCc2nc(-c3ccccc3)no2)n1. The first-order valence-corrected chi connectivity index (χ1v) is 8.33. The molecule has 0 aliphatic heterocycles. The van der Waals surface area contributed by atoms with E-state index in [-0.39, 0.29) is 19.1 Å². The molecule has 2 amide bonds. The van der Waals surface area contributed by atoms with Gasteiger partial charge in [-0.05, 0) is 0 Å². The number of rotatable bonds is 8. The van der Waals surface area contributed by atoms with Gasteiger partial charge in [-0.25, -0.2) is 4.79 Å². The second-order valence-electron chi connectivity index (χ2n) is 5.74. The van der Waals surface area contributed by atoms with Crippen LogP contribution in [0.15, 0.2) is 39.4 Å². The van der Waals surface area contributed by atoms with Gasteiger partial charge in [0.1, 0.15) is 6.54 Å². The van der Waals surface area contributed by atoms with Crippen LogP contribution in [0.2, 0.25) is 0 Å². The molecular formula is C17H20N6O4. The minimum atomic E-state index is -0.328. The second-order valence-corrected chi connectivity index (χ2v) is 5.74. The fourth-order valence-electron chi connectivity index (χ4n) is 2.24. The van der Waals surface area contributed by atoms with Crippen LogP contribution < -0.4 is 5.32 Å². The first-order valence-electron chi connectivity index (χ1n) is 8.33. The highest BCUT2D eigenvalue weighted by Gasteiger charge is 2.15. The van der Waals surface area contributed by atoms with Crippen molar-refractivity contribution >= 4 is 6.03 Å². The van der Waals surface area contributed by atoms with Crippen molar-refractivity contribution in [2.24, 2.45) is 0 Å². The van der Waals surface area contributed by atoms with Crippen LogP contribution in [0, 0.1) is 0 Å². The number of benzene rings is 1. The Morgan fingerprint density at radius 1 is 1.15 bits per heavy atom. The van der Waals surface area contributed by atoms with Gasteiger partial charge in [-0.3, -0.25) is 0 Å². The van der Waals surface area contributed by atoms with Crippen LogP contribution in [0.3, 0.4) is 0 Å². The molecule has 0 saturated heterocycles. The Labute approximate surface area is 155 Å². The minimum absolute atomic E-state index is 0.117. The van der Waals surface area contributed by atoms with E-state index in [1.165, 1.54) is 4.90 Å². The Bertz CT molecular complexity index is 863. The van der Waals surface area contributed by atoms with Gasteiger partial charge in [0.2, 0.25) is 17.6 Å². The molecule has 0 unspecified atom stereocenters. The summed E-state index contributed by atoms with van der Waals surface area (Å²) in [5.74, 6) is 1.68. The molecule has 3 rings (SSSR count). The van der Waals surface area contributed by atoms with E-state index in [9.17, 15) is 4.79 Å². The maximum atomic E-state index is 12.2.